The number of rotatable bonds is 2. The Labute approximate surface area is 104 Å². The fourth-order valence-electron chi connectivity index (χ4n) is 3.39. The Kier molecular flexibility index (Phi) is 3.54. The van der Waals surface area contributed by atoms with E-state index in [1.807, 2.05) is 0 Å². The zero-order chi connectivity index (χ0) is 12.8. The lowest BCUT2D eigenvalue weighted by molar-refractivity contribution is 0.122. The van der Waals surface area contributed by atoms with Gasteiger partial charge in [0.1, 0.15) is 0 Å². The number of hydrogen-bond donors (Lipinski definition) is 0. The first kappa shape index (κ1) is 14.4. The van der Waals surface area contributed by atoms with E-state index in [1.165, 1.54) is 12.1 Å². The first-order valence-electron chi connectivity index (χ1n) is 6.29. The average molecular weight is 273 g/mol. The molecule has 0 saturated carbocycles. The van der Waals surface area contributed by atoms with Gasteiger partial charge in [-0.2, -0.15) is 0 Å². The Balaban J connectivity index is 3.20. The Morgan fingerprint density at radius 1 is 1.19 bits per heavy atom. The van der Waals surface area contributed by atoms with Gasteiger partial charge in [0.15, 0.2) is 7.83 Å². The molecule has 0 radical (unpaired) electrons. The minimum absolute atomic E-state index is 0.113. The molecule has 1 fully saturated rings. The largest absolute Gasteiger partial charge is 0.416 e. The predicted octanol–water partition coefficient (Wildman–Crippen LogP) is 4.13. The highest BCUT2D eigenvalue weighted by atomic mass is 29.6. The summed E-state index contributed by atoms with van der Waals surface area (Å²) in [6.07, 6.45) is 2.17. The van der Waals surface area contributed by atoms with Crippen LogP contribution in [0.25, 0.3) is 0 Å². The van der Waals surface area contributed by atoms with Crippen LogP contribution in [-0.2, 0) is 4.43 Å². The van der Waals surface area contributed by atoms with Crippen molar-refractivity contribution < 1.29 is 4.43 Å². The molecule has 1 nitrogen and oxygen atoms in total. The molecule has 0 spiro atoms. The zero-order valence-electron chi connectivity index (χ0n) is 12.1. The third-order valence-electron chi connectivity index (χ3n) is 4.96. The SMILES string of the molecule is C=CC[Si]1(C)CC(C)(C)O[Si](C)(C)[Si]1(C)C. The van der Waals surface area contributed by atoms with Gasteiger partial charge in [-0.25, -0.2) is 0 Å². The second-order valence-corrected chi connectivity index (χ2v) is 33.8. The van der Waals surface area contributed by atoms with Crippen molar-refractivity contribution in [3.63, 3.8) is 0 Å². The third kappa shape index (κ3) is 2.17. The van der Waals surface area contributed by atoms with E-state index >= 15 is 0 Å². The van der Waals surface area contributed by atoms with Crippen LogP contribution < -0.4 is 0 Å². The minimum Gasteiger partial charge on any atom is -0.416 e. The molecule has 1 heterocycles. The van der Waals surface area contributed by atoms with Gasteiger partial charge in [0.2, 0.25) is 0 Å². The molecule has 1 unspecified atom stereocenters. The highest BCUT2D eigenvalue weighted by Gasteiger charge is 2.61. The van der Waals surface area contributed by atoms with Crippen molar-refractivity contribution in [1.82, 2.24) is 0 Å². The maximum absolute atomic E-state index is 6.52. The summed E-state index contributed by atoms with van der Waals surface area (Å²) in [4.78, 5) is 0. The lowest BCUT2D eigenvalue weighted by atomic mass is 10.2. The molecular formula is C12H28OSi3. The molecule has 1 aliphatic heterocycles. The van der Waals surface area contributed by atoms with Gasteiger partial charge in [-0.05, 0) is 39.0 Å². The van der Waals surface area contributed by atoms with E-state index in [2.05, 4.69) is 59.2 Å². The lowest BCUT2D eigenvalue weighted by Crippen LogP contribution is -2.78. The van der Waals surface area contributed by atoms with Gasteiger partial charge < -0.3 is 4.43 Å². The van der Waals surface area contributed by atoms with Crippen LogP contribution in [0.2, 0.25) is 44.8 Å². The minimum atomic E-state index is -1.47. The highest BCUT2D eigenvalue weighted by Crippen LogP contribution is 2.45. The van der Waals surface area contributed by atoms with E-state index in [-0.39, 0.29) is 5.60 Å². The van der Waals surface area contributed by atoms with Crippen LogP contribution in [0, 0.1) is 0 Å². The predicted molar refractivity (Wildman–Crippen MR) is 81.6 cm³/mol. The summed E-state index contributed by atoms with van der Waals surface area (Å²) >= 11 is 0. The molecule has 1 rings (SSSR count). The molecule has 0 bridgehead atoms. The monoisotopic (exact) mass is 272 g/mol. The van der Waals surface area contributed by atoms with Crippen molar-refractivity contribution in [1.29, 1.82) is 0 Å². The Bertz CT molecular complexity index is 297. The highest BCUT2D eigenvalue weighted by molar-refractivity contribution is 7.68. The smallest absolute Gasteiger partial charge is 0.172 e. The van der Waals surface area contributed by atoms with Gasteiger partial charge >= 0.3 is 0 Å². The van der Waals surface area contributed by atoms with Crippen molar-refractivity contribution in [3.8, 4) is 0 Å². The fourth-order valence-corrected chi connectivity index (χ4v) is 36.2. The van der Waals surface area contributed by atoms with Crippen molar-refractivity contribution in [3.05, 3.63) is 12.7 Å². The summed E-state index contributed by atoms with van der Waals surface area (Å²) in [6.45, 7) is 21.3. The van der Waals surface area contributed by atoms with Gasteiger partial charge in [-0.15, -0.1) is 6.58 Å². The normalized spacial score (nSPS) is 35.7. The van der Waals surface area contributed by atoms with Crippen LogP contribution in [0.1, 0.15) is 13.8 Å². The van der Waals surface area contributed by atoms with Gasteiger partial charge in [0.25, 0.3) is 0 Å². The van der Waals surface area contributed by atoms with Crippen molar-refractivity contribution >= 4 is 22.5 Å². The van der Waals surface area contributed by atoms with Crippen LogP contribution >= 0.6 is 0 Å². The quantitative estimate of drug-likeness (QED) is 0.542. The van der Waals surface area contributed by atoms with Crippen molar-refractivity contribution in [2.75, 3.05) is 0 Å². The maximum atomic E-state index is 6.52. The van der Waals surface area contributed by atoms with E-state index in [9.17, 15) is 0 Å². The Morgan fingerprint density at radius 3 is 2.12 bits per heavy atom. The van der Waals surface area contributed by atoms with E-state index < -0.39 is 22.5 Å². The standard InChI is InChI=1S/C12H28OSi3/c1-9-10-16(8)11-12(2,3)13-14(4,5)15(16,6)7/h9H,1,10-11H2,2-8H3. The van der Waals surface area contributed by atoms with E-state index in [0.717, 1.165) is 0 Å². The summed E-state index contributed by atoms with van der Waals surface area (Å²) in [5.41, 5.74) is 0.113. The van der Waals surface area contributed by atoms with Crippen LogP contribution in [0.4, 0.5) is 0 Å². The van der Waals surface area contributed by atoms with Crippen molar-refractivity contribution in [2.24, 2.45) is 0 Å². The van der Waals surface area contributed by atoms with Crippen LogP contribution in [0.5, 0.6) is 0 Å². The summed E-state index contributed by atoms with van der Waals surface area (Å²) in [5.74, 6) is 0. The molecule has 0 N–H and O–H groups in total. The molecule has 0 aromatic heterocycles. The first-order valence-corrected chi connectivity index (χ1v) is 17.1. The molecule has 0 aliphatic carbocycles. The van der Waals surface area contributed by atoms with E-state index in [1.54, 1.807) is 0 Å². The topological polar surface area (TPSA) is 9.23 Å². The maximum Gasteiger partial charge on any atom is 0.172 e. The molecule has 4 heteroatoms. The van der Waals surface area contributed by atoms with Crippen LogP contribution in [0.15, 0.2) is 12.7 Å². The second kappa shape index (κ2) is 3.93. The molecule has 94 valence electrons. The zero-order valence-corrected chi connectivity index (χ0v) is 15.1. The van der Waals surface area contributed by atoms with Gasteiger partial charge in [0.05, 0.1) is 14.7 Å². The third-order valence-corrected chi connectivity index (χ3v) is 45.3. The average Bonchev–Trinajstić information content (AvgIpc) is 1.97. The van der Waals surface area contributed by atoms with E-state index in [0.29, 0.717) is 0 Å². The molecular weight excluding hydrogens is 244 g/mol. The molecule has 1 atom stereocenters. The van der Waals surface area contributed by atoms with Crippen molar-refractivity contribution in [2.45, 2.75) is 64.3 Å². The molecule has 1 aliphatic rings. The summed E-state index contributed by atoms with van der Waals surface area (Å²) in [7, 11) is -3.85. The van der Waals surface area contributed by atoms with Crippen LogP contribution in [0.3, 0.4) is 0 Å². The second-order valence-electron chi connectivity index (χ2n) is 7.23. The van der Waals surface area contributed by atoms with Crippen LogP contribution in [-0.4, -0.2) is 28.1 Å². The summed E-state index contributed by atoms with van der Waals surface area (Å²) < 4.78 is 6.52. The number of hydrogen-bond acceptors (Lipinski definition) is 1. The molecule has 0 amide bonds. The molecule has 16 heavy (non-hydrogen) atoms. The van der Waals surface area contributed by atoms with Gasteiger partial charge in [0, 0.05) is 5.60 Å². The Morgan fingerprint density at radius 2 is 1.69 bits per heavy atom. The lowest BCUT2D eigenvalue weighted by Gasteiger charge is -2.58. The molecule has 0 aromatic carbocycles. The number of allylic oxidation sites excluding steroid dienone is 1. The summed E-state index contributed by atoms with van der Waals surface area (Å²) in [5, 5.41) is 0. The van der Waals surface area contributed by atoms with Gasteiger partial charge in [-0.1, -0.05) is 25.7 Å². The molecule has 1 saturated heterocycles. The van der Waals surface area contributed by atoms with E-state index in [4.69, 9.17) is 4.43 Å². The summed E-state index contributed by atoms with van der Waals surface area (Å²) in [6, 6.07) is 2.61. The fraction of sp³-hybridized carbons (Fsp3) is 0.833. The Hall–Kier alpha value is 0.351. The van der Waals surface area contributed by atoms with Gasteiger partial charge in [-0.3, -0.25) is 0 Å². The first-order chi connectivity index (χ1) is 6.97. The molecule has 0 aromatic rings.